The summed E-state index contributed by atoms with van der Waals surface area (Å²) in [4.78, 5) is 19.7. The van der Waals surface area contributed by atoms with E-state index >= 15 is 0 Å². The van der Waals surface area contributed by atoms with E-state index in [1.807, 2.05) is 19.9 Å². The molecule has 1 amide bonds. The van der Waals surface area contributed by atoms with E-state index in [1.165, 1.54) is 0 Å². The second-order valence-corrected chi connectivity index (χ2v) is 6.38. The molecule has 0 saturated carbocycles. The van der Waals surface area contributed by atoms with Gasteiger partial charge in [-0.15, -0.1) is 0 Å². The molecule has 0 atom stereocenters. The van der Waals surface area contributed by atoms with Gasteiger partial charge >= 0.3 is 0 Å². The molecule has 0 radical (unpaired) electrons. The summed E-state index contributed by atoms with van der Waals surface area (Å²) in [6.45, 7) is 3.74. The van der Waals surface area contributed by atoms with Gasteiger partial charge in [0.1, 0.15) is 5.65 Å². The third-order valence-electron chi connectivity index (χ3n) is 3.63. The minimum absolute atomic E-state index is 0.234. The number of nitrogens with one attached hydrogen (secondary N) is 2. The van der Waals surface area contributed by atoms with Gasteiger partial charge in [0.25, 0.3) is 5.91 Å². The first-order valence-corrected chi connectivity index (χ1v) is 7.56. The van der Waals surface area contributed by atoms with Crippen LogP contribution in [0, 0.1) is 0 Å². The fourth-order valence-corrected chi connectivity index (χ4v) is 2.87. The lowest BCUT2D eigenvalue weighted by atomic mass is 9.94. The van der Waals surface area contributed by atoms with Crippen LogP contribution in [0.4, 0.5) is 5.69 Å². The van der Waals surface area contributed by atoms with Crippen molar-refractivity contribution in [3.8, 4) is 0 Å². The Morgan fingerprint density at radius 1 is 1.30 bits per heavy atom. The predicted octanol–water partition coefficient (Wildman–Crippen LogP) is 3.66. The number of nitrogens with zero attached hydrogens (tertiary/aromatic N) is 1. The number of halogens is 1. The first kappa shape index (κ1) is 15.5. The Hall–Kier alpha value is -2.37. The molecule has 0 saturated heterocycles. The molecule has 2 heterocycles. The number of carbonyl (C=O) groups is 1. The number of anilines is 1. The topological polar surface area (TPSA) is 83.8 Å². The van der Waals surface area contributed by atoms with Crippen molar-refractivity contribution in [3.05, 3.63) is 58.9 Å². The lowest BCUT2D eigenvalue weighted by Gasteiger charge is -2.21. The zero-order valence-corrected chi connectivity index (χ0v) is 13.6. The van der Waals surface area contributed by atoms with Crippen LogP contribution in [0.15, 0.2) is 42.7 Å². The highest BCUT2D eigenvalue weighted by molar-refractivity contribution is 6.32. The van der Waals surface area contributed by atoms with Crippen LogP contribution in [0.5, 0.6) is 0 Å². The Kier molecular flexibility index (Phi) is 3.83. The van der Waals surface area contributed by atoms with Gasteiger partial charge in [0.15, 0.2) is 0 Å². The molecule has 3 rings (SSSR count). The molecular weight excluding hydrogens is 312 g/mol. The standard InChI is InChI=1S/C17H17ClN4O/c1-17(2,19)12-4-3-10(9-13(12)18)16(23)22-14-6-8-21-15-11(14)5-7-20-15/h3-9H,19H2,1-2H3,(H2,20,21,22,23). The molecule has 1 aromatic carbocycles. The lowest BCUT2D eigenvalue weighted by Crippen LogP contribution is -2.29. The lowest BCUT2D eigenvalue weighted by molar-refractivity contribution is 0.102. The fourth-order valence-electron chi connectivity index (χ4n) is 2.44. The normalized spacial score (nSPS) is 11.7. The van der Waals surface area contributed by atoms with E-state index in [4.69, 9.17) is 17.3 Å². The summed E-state index contributed by atoms with van der Waals surface area (Å²) >= 11 is 6.26. The van der Waals surface area contributed by atoms with Crippen molar-refractivity contribution < 1.29 is 4.79 Å². The van der Waals surface area contributed by atoms with E-state index in [0.29, 0.717) is 16.3 Å². The summed E-state index contributed by atoms with van der Waals surface area (Å²) in [5, 5.41) is 4.22. The third-order valence-corrected chi connectivity index (χ3v) is 3.95. The van der Waals surface area contributed by atoms with E-state index in [-0.39, 0.29) is 5.91 Å². The summed E-state index contributed by atoms with van der Waals surface area (Å²) in [6, 6.07) is 8.77. The number of hydrogen-bond acceptors (Lipinski definition) is 3. The van der Waals surface area contributed by atoms with Gasteiger partial charge in [-0.3, -0.25) is 4.79 Å². The average molecular weight is 329 g/mol. The fraction of sp³-hybridized carbons (Fsp3) is 0.176. The van der Waals surface area contributed by atoms with Crippen LogP contribution in [0.25, 0.3) is 11.0 Å². The summed E-state index contributed by atoms with van der Waals surface area (Å²) in [5.41, 5.74) is 8.19. The predicted molar refractivity (Wildman–Crippen MR) is 92.7 cm³/mol. The number of aromatic amines is 1. The van der Waals surface area contributed by atoms with Crippen molar-refractivity contribution in [3.63, 3.8) is 0 Å². The van der Waals surface area contributed by atoms with Gasteiger partial charge in [0.05, 0.1) is 5.69 Å². The Balaban J connectivity index is 1.89. The van der Waals surface area contributed by atoms with Gasteiger partial charge in [0, 0.05) is 33.9 Å². The first-order valence-electron chi connectivity index (χ1n) is 7.18. The van der Waals surface area contributed by atoms with Crippen molar-refractivity contribution >= 4 is 34.2 Å². The van der Waals surface area contributed by atoms with Gasteiger partial charge in [0.2, 0.25) is 0 Å². The van der Waals surface area contributed by atoms with E-state index in [1.54, 1.807) is 36.7 Å². The molecule has 0 unspecified atom stereocenters. The maximum absolute atomic E-state index is 12.5. The third kappa shape index (κ3) is 3.06. The number of rotatable bonds is 3. The molecule has 3 aromatic rings. The van der Waals surface area contributed by atoms with Crippen molar-refractivity contribution in [1.82, 2.24) is 9.97 Å². The van der Waals surface area contributed by atoms with Gasteiger partial charge in [-0.05, 0) is 43.7 Å². The Labute approximate surface area is 138 Å². The van der Waals surface area contributed by atoms with Gasteiger partial charge in [-0.1, -0.05) is 17.7 Å². The summed E-state index contributed by atoms with van der Waals surface area (Å²) in [7, 11) is 0. The van der Waals surface area contributed by atoms with E-state index in [9.17, 15) is 4.79 Å². The van der Waals surface area contributed by atoms with Crippen LogP contribution in [0.2, 0.25) is 5.02 Å². The van der Waals surface area contributed by atoms with Crippen LogP contribution in [0.3, 0.4) is 0 Å². The summed E-state index contributed by atoms with van der Waals surface area (Å²) in [6.07, 6.45) is 3.42. The molecule has 0 aliphatic carbocycles. The van der Waals surface area contributed by atoms with E-state index in [0.717, 1.165) is 16.6 Å². The zero-order chi connectivity index (χ0) is 16.6. The largest absolute Gasteiger partial charge is 0.346 e. The van der Waals surface area contributed by atoms with Crippen molar-refractivity contribution in [2.24, 2.45) is 5.73 Å². The Morgan fingerprint density at radius 3 is 2.78 bits per heavy atom. The monoisotopic (exact) mass is 328 g/mol. The number of fused-ring (bicyclic) bond motifs is 1. The highest BCUT2D eigenvalue weighted by atomic mass is 35.5. The highest BCUT2D eigenvalue weighted by Crippen LogP contribution is 2.27. The Morgan fingerprint density at radius 2 is 2.09 bits per heavy atom. The minimum Gasteiger partial charge on any atom is -0.346 e. The number of hydrogen-bond donors (Lipinski definition) is 3. The second kappa shape index (κ2) is 5.68. The number of H-pyrrole nitrogens is 1. The molecule has 0 spiro atoms. The quantitative estimate of drug-likeness (QED) is 0.686. The van der Waals surface area contributed by atoms with Crippen LogP contribution >= 0.6 is 11.6 Å². The average Bonchev–Trinajstić information content (AvgIpc) is 2.95. The van der Waals surface area contributed by atoms with Crippen LogP contribution < -0.4 is 11.1 Å². The maximum atomic E-state index is 12.5. The molecule has 5 nitrogen and oxygen atoms in total. The number of nitrogens with two attached hydrogens (primary N) is 1. The van der Waals surface area contributed by atoms with E-state index in [2.05, 4.69) is 15.3 Å². The smallest absolute Gasteiger partial charge is 0.255 e. The highest BCUT2D eigenvalue weighted by Gasteiger charge is 2.19. The second-order valence-electron chi connectivity index (χ2n) is 5.97. The van der Waals surface area contributed by atoms with Crippen molar-refractivity contribution in [1.29, 1.82) is 0 Å². The molecule has 23 heavy (non-hydrogen) atoms. The molecule has 0 fully saturated rings. The molecule has 4 N–H and O–H groups in total. The molecule has 2 aromatic heterocycles. The van der Waals surface area contributed by atoms with Gasteiger partial charge in [-0.25, -0.2) is 4.98 Å². The van der Waals surface area contributed by atoms with Crippen LogP contribution in [0.1, 0.15) is 29.8 Å². The number of aromatic nitrogens is 2. The molecule has 6 heteroatoms. The minimum atomic E-state index is -0.561. The maximum Gasteiger partial charge on any atom is 0.255 e. The van der Waals surface area contributed by atoms with Crippen LogP contribution in [-0.4, -0.2) is 15.9 Å². The number of amides is 1. The zero-order valence-electron chi connectivity index (χ0n) is 12.9. The molecular formula is C17H17ClN4O. The van der Waals surface area contributed by atoms with E-state index < -0.39 is 5.54 Å². The van der Waals surface area contributed by atoms with Crippen molar-refractivity contribution in [2.45, 2.75) is 19.4 Å². The van der Waals surface area contributed by atoms with Gasteiger partial charge < -0.3 is 16.0 Å². The molecule has 0 aliphatic rings. The number of carbonyl (C=O) groups excluding carboxylic acids is 1. The SMILES string of the molecule is CC(C)(N)c1ccc(C(=O)Nc2ccnc3[nH]ccc23)cc1Cl. The van der Waals surface area contributed by atoms with Crippen molar-refractivity contribution in [2.75, 3.05) is 5.32 Å². The summed E-state index contributed by atoms with van der Waals surface area (Å²) < 4.78 is 0. The summed E-state index contributed by atoms with van der Waals surface area (Å²) in [5.74, 6) is -0.234. The molecule has 118 valence electrons. The van der Waals surface area contributed by atoms with Crippen LogP contribution in [-0.2, 0) is 5.54 Å². The molecule has 0 bridgehead atoms. The number of pyridine rings is 1. The number of benzene rings is 1. The van der Waals surface area contributed by atoms with Gasteiger partial charge in [-0.2, -0.15) is 0 Å². The first-order chi connectivity index (χ1) is 10.9. The molecule has 0 aliphatic heterocycles. The Bertz CT molecular complexity index is 880.